The lowest BCUT2D eigenvalue weighted by Crippen LogP contribution is -2.29. The van der Waals surface area contributed by atoms with E-state index >= 15 is 0 Å². The number of para-hydroxylation sites is 2. The van der Waals surface area contributed by atoms with Crippen LogP contribution in [-0.4, -0.2) is 20.7 Å². The summed E-state index contributed by atoms with van der Waals surface area (Å²) in [6, 6.07) is 39.1. The molecule has 154 valence electrons. The maximum Gasteiger partial charge on any atom is 0.125 e. The van der Waals surface area contributed by atoms with Gasteiger partial charge in [-0.2, -0.15) is 5.10 Å². The van der Waals surface area contributed by atoms with Crippen LogP contribution in [0.4, 0.5) is 5.69 Å². The van der Waals surface area contributed by atoms with E-state index < -0.39 is 0 Å². The average Bonchev–Trinajstić information content (AvgIpc) is 3.47. The Kier molecular flexibility index (Phi) is 4.50. The van der Waals surface area contributed by atoms with Crippen LogP contribution >= 0.6 is 0 Å². The second kappa shape index (κ2) is 7.78. The van der Waals surface area contributed by atoms with Crippen LogP contribution in [0.5, 0.6) is 0 Å². The van der Waals surface area contributed by atoms with Crippen molar-refractivity contribution in [2.45, 2.75) is 12.1 Å². The fourth-order valence-electron chi connectivity index (χ4n) is 4.47. The smallest absolute Gasteiger partial charge is 0.125 e. The number of hydrogen-bond donors (Lipinski definition) is 0. The Hall–Kier alpha value is -4.25. The number of hydrogen-bond acceptors (Lipinski definition) is 4. The van der Waals surface area contributed by atoms with Gasteiger partial charge in [-0.1, -0.05) is 96.2 Å². The predicted octanol–water partition coefficient (Wildman–Crippen LogP) is 5.64. The van der Waals surface area contributed by atoms with E-state index in [0.29, 0.717) is 0 Å². The quantitative estimate of drug-likeness (QED) is 0.382. The molecule has 0 radical (unpaired) electrons. The Labute approximate surface area is 186 Å². The molecule has 0 saturated carbocycles. The first kappa shape index (κ1) is 18.5. The number of fused-ring (bicyclic) bond motifs is 1. The summed E-state index contributed by atoms with van der Waals surface area (Å²) in [5, 5.41) is 16.4. The van der Waals surface area contributed by atoms with Crippen molar-refractivity contribution in [1.29, 1.82) is 0 Å². The van der Waals surface area contributed by atoms with Crippen molar-refractivity contribution in [1.82, 2.24) is 15.0 Å². The summed E-state index contributed by atoms with van der Waals surface area (Å²) < 4.78 is 2.03. The van der Waals surface area contributed by atoms with Crippen LogP contribution in [0, 0.1) is 0 Å². The second-order valence-electron chi connectivity index (χ2n) is 7.85. The summed E-state index contributed by atoms with van der Waals surface area (Å²) in [5.41, 5.74) is 6.15. The molecule has 2 atom stereocenters. The summed E-state index contributed by atoms with van der Waals surface area (Å²) in [4.78, 5) is 0. The van der Waals surface area contributed by atoms with Gasteiger partial charge in [-0.3, -0.25) is 5.01 Å². The fraction of sp³-hybridized carbons (Fsp3) is 0.0741. The van der Waals surface area contributed by atoms with Gasteiger partial charge in [0.1, 0.15) is 17.6 Å². The minimum absolute atomic E-state index is 0.0705. The zero-order valence-corrected chi connectivity index (χ0v) is 17.4. The molecule has 0 bridgehead atoms. The van der Waals surface area contributed by atoms with Gasteiger partial charge in [0.25, 0.3) is 0 Å². The molecule has 2 heterocycles. The summed E-state index contributed by atoms with van der Waals surface area (Å²) in [6.45, 7) is 0. The van der Waals surface area contributed by atoms with E-state index in [-0.39, 0.29) is 12.1 Å². The molecule has 0 unspecified atom stereocenters. The van der Waals surface area contributed by atoms with Crippen molar-refractivity contribution < 1.29 is 0 Å². The van der Waals surface area contributed by atoms with Gasteiger partial charge in [0.05, 0.1) is 16.9 Å². The number of nitrogens with zero attached hydrogens (tertiary/aromatic N) is 5. The maximum absolute atomic E-state index is 5.19. The molecule has 4 aromatic carbocycles. The normalized spacial score (nSPS) is 18.1. The van der Waals surface area contributed by atoms with Crippen LogP contribution in [0.1, 0.15) is 23.2 Å². The third-order valence-electron chi connectivity index (χ3n) is 5.93. The Morgan fingerprint density at radius 2 is 1.22 bits per heavy atom. The van der Waals surface area contributed by atoms with Crippen LogP contribution in [0.3, 0.4) is 0 Å². The molecule has 0 amide bonds. The van der Waals surface area contributed by atoms with E-state index in [4.69, 9.17) is 5.10 Å². The van der Waals surface area contributed by atoms with Crippen molar-refractivity contribution in [3.05, 3.63) is 126 Å². The zero-order valence-electron chi connectivity index (χ0n) is 17.4. The molecule has 0 N–H and O–H groups in total. The first-order chi connectivity index (χ1) is 15.9. The van der Waals surface area contributed by atoms with Crippen molar-refractivity contribution in [3.63, 3.8) is 0 Å². The lowest BCUT2D eigenvalue weighted by atomic mass is 9.92. The van der Waals surface area contributed by atoms with E-state index in [2.05, 4.69) is 82.1 Å². The highest BCUT2D eigenvalue weighted by Crippen LogP contribution is 2.43. The molecular formula is C27H21N5. The van der Waals surface area contributed by atoms with E-state index in [1.807, 2.05) is 53.2 Å². The number of anilines is 1. The molecule has 6 rings (SSSR count). The lowest BCUT2D eigenvalue weighted by Gasteiger charge is -2.28. The topological polar surface area (TPSA) is 46.3 Å². The molecule has 5 heteroatoms. The van der Waals surface area contributed by atoms with Gasteiger partial charge in [-0.05, 0) is 29.8 Å². The SMILES string of the molecule is c1ccc(C2=NN(c3ccccc3)[C@H](c3ccccc3)[C@@H]2n2nnc3ccccc32)cc1. The molecule has 1 aliphatic rings. The number of aromatic nitrogens is 3. The second-order valence-corrected chi connectivity index (χ2v) is 7.85. The van der Waals surface area contributed by atoms with Gasteiger partial charge < -0.3 is 0 Å². The van der Waals surface area contributed by atoms with Crippen LogP contribution in [0.25, 0.3) is 11.0 Å². The van der Waals surface area contributed by atoms with Gasteiger partial charge in [0.15, 0.2) is 0 Å². The fourth-order valence-corrected chi connectivity index (χ4v) is 4.47. The first-order valence-electron chi connectivity index (χ1n) is 10.7. The Balaban J connectivity index is 1.61. The maximum atomic E-state index is 5.19. The summed E-state index contributed by atoms with van der Waals surface area (Å²) in [5.74, 6) is 0. The minimum Gasteiger partial charge on any atom is -0.255 e. The Morgan fingerprint density at radius 1 is 0.594 bits per heavy atom. The minimum atomic E-state index is -0.146. The van der Waals surface area contributed by atoms with Crippen LogP contribution in [0.15, 0.2) is 120 Å². The third kappa shape index (κ3) is 3.06. The molecule has 32 heavy (non-hydrogen) atoms. The van der Waals surface area contributed by atoms with Crippen LogP contribution in [-0.2, 0) is 0 Å². The van der Waals surface area contributed by atoms with Gasteiger partial charge in [-0.15, -0.1) is 5.10 Å². The number of hydrazone groups is 1. The van der Waals surface area contributed by atoms with E-state index in [9.17, 15) is 0 Å². The molecule has 0 aliphatic carbocycles. The lowest BCUT2D eigenvalue weighted by molar-refractivity contribution is 0.485. The van der Waals surface area contributed by atoms with Crippen molar-refractivity contribution >= 4 is 22.4 Å². The van der Waals surface area contributed by atoms with Gasteiger partial charge in [0.2, 0.25) is 0 Å². The third-order valence-corrected chi connectivity index (χ3v) is 5.93. The monoisotopic (exact) mass is 415 g/mol. The standard InChI is InChI=1S/C27H21N5/c1-4-12-20(13-5-1)25-27(32-24-19-11-10-18-23(24)28-30-32)26(21-14-6-2-7-15-21)31(29-25)22-16-8-3-9-17-22/h1-19,26-27H/t26-,27-/m1/s1. The summed E-state index contributed by atoms with van der Waals surface area (Å²) >= 11 is 0. The molecule has 1 aromatic heterocycles. The van der Waals surface area contributed by atoms with E-state index in [1.54, 1.807) is 0 Å². The number of benzene rings is 4. The van der Waals surface area contributed by atoms with E-state index in [0.717, 1.165) is 28.0 Å². The average molecular weight is 416 g/mol. The van der Waals surface area contributed by atoms with E-state index in [1.165, 1.54) is 5.56 Å². The Bertz CT molecular complexity index is 1380. The van der Waals surface area contributed by atoms with Gasteiger partial charge in [-0.25, -0.2) is 4.68 Å². The Morgan fingerprint density at radius 3 is 1.97 bits per heavy atom. The molecular weight excluding hydrogens is 394 g/mol. The zero-order chi connectivity index (χ0) is 21.3. The van der Waals surface area contributed by atoms with Gasteiger partial charge >= 0.3 is 0 Å². The summed E-state index contributed by atoms with van der Waals surface area (Å²) in [6.07, 6.45) is 0. The predicted molar refractivity (Wildman–Crippen MR) is 128 cm³/mol. The molecule has 5 aromatic rings. The molecule has 0 spiro atoms. The molecule has 0 saturated heterocycles. The van der Waals surface area contributed by atoms with Crippen LogP contribution in [0.2, 0.25) is 0 Å². The molecule has 1 aliphatic heterocycles. The number of rotatable bonds is 4. The summed E-state index contributed by atoms with van der Waals surface area (Å²) in [7, 11) is 0. The van der Waals surface area contributed by atoms with Crippen molar-refractivity contribution in [2.75, 3.05) is 5.01 Å². The van der Waals surface area contributed by atoms with Crippen molar-refractivity contribution in [2.24, 2.45) is 5.10 Å². The van der Waals surface area contributed by atoms with Gasteiger partial charge in [0, 0.05) is 5.56 Å². The van der Waals surface area contributed by atoms with Crippen LogP contribution < -0.4 is 5.01 Å². The first-order valence-corrected chi connectivity index (χ1v) is 10.7. The molecule has 5 nitrogen and oxygen atoms in total. The highest BCUT2D eigenvalue weighted by molar-refractivity contribution is 6.06. The van der Waals surface area contributed by atoms with Crippen molar-refractivity contribution in [3.8, 4) is 0 Å². The highest BCUT2D eigenvalue weighted by Gasteiger charge is 2.42. The molecule has 0 fully saturated rings. The highest BCUT2D eigenvalue weighted by atomic mass is 15.5. The largest absolute Gasteiger partial charge is 0.255 e.